The molecule has 27 heavy (non-hydrogen) atoms. The number of nitrogens with zero attached hydrogens (tertiary/aromatic N) is 2. The summed E-state index contributed by atoms with van der Waals surface area (Å²) in [7, 11) is 0. The van der Waals surface area contributed by atoms with Crippen molar-refractivity contribution in [3.63, 3.8) is 0 Å². The molecule has 0 saturated heterocycles. The molecule has 0 aliphatic carbocycles. The third-order valence-electron chi connectivity index (χ3n) is 3.45. The van der Waals surface area contributed by atoms with Crippen molar-refractivity contribution < 1.29 is 28.6 Å². The van der Waals surface area contributed by atoms with Crippen molar-refractivity contribution in [2.45, 2.75) is 26.3 Å². The summed E-state index contributed by atoms with van der Waals surface area (Å²) in [5.41, 5.74) is 0.408. The molecule has 8 heteroatoms. The van der Waals surface area contributed by atoms with E-state index in [1.54, 1.807) is 36.8 Å². The van der Waals surface area contributed by atoms with E-state index in [0.29, 0.717) is 30.9 Å². The maximum absolute atomic E-state index is 11.9. The lowest BCUT2D eigenvalue weighted by Gasteiger charge is -2.08. The van der Waals surface area contributed by atoms with Crippen LogP contribution in [0.4, 0.5) is 0 Å². The van der Waals surface area contributed by atoms with Crippen LogP contribution in [0.2, 0.25) is 0 Å². The van der Waals surface area contributed by atoms with Crippen molar-refractivity contribution in [3.8, 4) is 5.75 Å². The van der Waals surface area contributed by atoms with E-state index in [-0.39, 0.29) is 25.4 Å². The van der Waals surface area contributed by atoms with E-state index in [1.807, 2.05) is 10.8 Å². The topological polar surface area (TPSA) is 96.7 Å². The van der Waals surface area contributed by atoms with Gasteiger partial charge in [0.1, 0.15) is 24.6 Å². The second-order valence-electron chi connectivity index (χ2n) is 5.76. The number of benzene rings is 1. The van der Waals surface area contributed by atoms with Gasteiger partial charge in [-0.05, 0) is 31.2 Å². The van der Waals surface area contributed by atoms with Gasteiger partial charge < -0.3 is 18.8 Å². The third-order valence-corrected chi connectivity index (χ3v) is 3.45. The Bertz CT molecular complexity index is 740. The summed E-state index contributed by atoms with van der Waals surface area (Å²) in [5, 5.41) is 0. The van der Waals surface area contributed by atoms with Gasteiger partial charge >= 0.3 is 11.9 Å². The van der Waals surface area contributed by atoms with Crippen LogP contribution in [0.3, 0.4) is 0 Å². The van der Waals surface area contributed by atoms with E-state index in [0.717, 1.165) is 0 Å². The van der Waals surface area contributed by atoms with Gasteiger partial charge in [0.15, 0.2) is 0 Å². The van der Waals surface area contributed by atoms with Crippen molar-refractivity contribution in [1.29, 1.82) is 0 Å². The molecule has 8 nitrogen and oxygen atoms in total. The molecule has 0 saturated carbocycles. The molecular weight excluding hydrogens is 352 g/mol. The predicted molar refractivity (Wildman–Crippen MR) is 95.3 cm³/mol. The summed E-state index contributed by atoms with van der Waals surface area (Å²) in [6, 6.07) is 6.66. The van der Waals surface area contributed by atoms with Gasteiger partial charge in [-0.3, -0.25) is 9.59 Å². The minimum Gasteiger partial charge on any atom is -0.492 e. The van der Waals surface area contributed by atoms with Gasteiger partial charge in [0.25, 0.3) is 0 Å². The molecule has 0 fully saturated rings. The SMILES string of the molecule is CC(=O)CC(=O)OCCCOC(=O)c1ccc(OCCn2ccnc2)cc1. The van der Waals surface area contributed by atoms with Crippen molar-refractivity contribution in [1.82, 2.24) is 9.55 Å². The fraction of sp³-hybridized carbons (Fsp3) is 0.368. The largest absolute Gasteiger partial charge is 0.492 e. The van der Waals surface area contributed by atoms with Gasteiger partial charge in [-0.2, -0.15) is 0 Å². The van der Waals surface area contributed by atoms with Gasteiger partial charge in [0.05, 0.1) is 31.6 Å². The quantitative estimate of drug-likeness (QED) is 0.337. The second-order valence-corrected chi connectivity index (χ2v) is 5.76. The predicted octanol–water partition coefficient (Wildman–Crippen LogP) is 2.03. The molecule has 1 aromatic heterocycles. The highest BCUT2D eigenvalue weighted by molar-refractivity contribution is 5.94. The smallest absolute Gasteiger partial charge is 0.338 e. The maximum atomic E-state index is 11.9. The van der Waals surface area contributed by atoms with Crippen molar-refractivity contribution in [2.75, 3.05) is 19.8 Å². The van der Waals surface area contributed by atoms with Gasteiger partial charge in [0.2, 0.25) is 0 Å². The standard InChI is InChI=1S/C19H22N2O6/c1-15(22)13-18(23)26-10-2-11-27-19(24)16-3-5-17(6-4-16)25-12-9-21-8-7-20-14-21/h3-8,14H,2,9-13H2,1H3. The molecule has 1 heterocycles. The molecule has 0 N–H and O–H groups in total. The molecule has 0 aliphatic heterocycles. The number of aromatic nitrogens is 2. The van der Waals surface area contributed by atoms with Crippen LogP contribution in [0.25, 0.3) is 0 Å². The lowest BCUT2D eigenvalue weighted by atomic mass is 10.2. The van der Waals surface area contributed by atoms with E-state index in [1.165, 1.54) is 6.92 Å². The highest BCUT2D eigenvalue weighted by atomic mass is 16.5. The average Bonchev–Trinajstić information content (AvgIpc) is 3.14. The van der Waals surface area contributed by atoms with Crippen LogP contribution in [0.5, 0.6) is 5.75 Å². The summed E-state index contributed by atoms with van der Waals surface area (Å²) in [5.74, 6) is -0.628. The Morgan fingerprint density at radius 3 is 2.44 bits per heavy atom. The highest BCUT2D eigenvalue weighted by Crippen LogP contribution is 2.13. The zero-order valence-corrected chi connectivity index (χ0v) is 15.1. The number of hydrogen-bond acceptors (Lipinski definition) is 7. The van der Waals surface area contributed by atoms with Crippen LogP contribution >= 0.6 is 0 Å². The highest BCUT2D eigenvalue weighted by Gasteiger charge is 2.09. The Labute approximate surface area is 157 Å². The lowest BCUT2D eigenvalue weighted by Crippen LogP contribution is -2.12. The molecular formula is C19H22N2O6. The van der Waals surface area contributed by atoms with E-state index in [4.69, 9.17) is 14.2 Å². The van der Waals surface area contributed by atoms with Crippen molar-refractivity contribution in [2.24, 2.45) is 0 Å². The molecule has 0 bridgehead atoms. The summed E-state index contributed by atoms with van der Waals surface area (Å²) < 4.78 is 17.5. The maximum Gasteiger partial charge on any atom is 0.338 e. The number of imidazole rings is 1. The Balaban J connectivity index is 1.63. The van der Waals surface area contributed by atoms with Crippen molar-refractivity contribution >= 4 is 17.7 Å². The number of Topliss-reactive ketones (excluding diaryl/α,β-unsaturated/α-hetero) is 1. The van der Waals surface area contributed by atoms with E-state index in [2.05, 4.69) is 4.98 Å². The number of carbonyl (C=O) groups excluding carboxylic acids is 3. The summed E-state index contributed by atoms with van der Waals surface area (Å²) in [4.78, 5) is 37.8. The fourth-order valence-electron chi connectivity index (χ4n) is 2.12. The Morgan fingerprint density at radius 1 is 1.04 bits per heavy atom. The number of carbonyl (C=O) groups is 3. The Kier molecular flexibility index (Phi) is 8.02. The molecule has 0 aliphatic rings. The van der Waals surface area contributed by atoms with Crippen LogP contribution in [0, 0.1) is 0 Å². The van der Waals surface area contributed by atoms with Gasteiger partial charge in [-0.1, -0.05) is 0 Å². The number of ether oxygens (including phenoxy) is 3. The summed E-state index contributed by atoms with van der Waals surface area (Å²) >= 11 is 0. The van der Waals surface area contributed by atoms with E-state index < -0.39 is 11.9 Å². The molecule has 0 spiro atoms. The monoisotopic (exact) mass is 374 g/mol. The van der Waals surface area contributed by atoms with Crippen molar-refractivity contribution in [3.05, 3.63) is 48.5 Å². The first-order chi connectivity index (χ1) is 13.0. The summed E-state index contributed by atoms with van der Waals surface area (Å²) in [6.45, 7) is 2.71. The van der Waals surface area contributed by atoms with Crippen LogP contribution < -0.4 is 4.74 Å². The van der Waals surface area contributed by atoms with Crippen LogP contribution in [0.15, 0.2) is 43.0 Å². The molecule has 144 valence electrons. The number of hydrogen-bond donors (Lipinski definition) is 0. The third kappa shape index (κ3) is 7.72. The first-order valence-electron chi connectivity index (χ1n) is 8.55. The first-order valence-corrected chi connectivity index (χ1v) is 8.55. The van der Waals surface area contributed by atoms with E-state index in [9.17, 15) is 14.4 Å². The average molecular weight is 374 g/mol. The molecule has 0 unspecified atom stereocenters. The van der Waals surface area contributed by atoms with Crippen LogP contribution in [0.1, 0.15) is 30.1 Å². The van der Waals surface area contributed by atoms with Crippen LogP contribution in [-0.2, 0) is 25.6 Å². The second kappa shape index (κ2) is 10.7. The normalized spacial score (nSPS) is 10.3. The Hall–Kier alpha value is -3.16. The number of esters is 2. The van der Waals surface area contributed by atoms with Gasteiger partial charge in [0, 0.05) is 18.8 Å². The lowest BCUT2D eigenvalue weighted by molar-refractivity contribution is -0.145. The summed E-state index contributed by atoms with van der Waals surface area (Å²) in [6.07, 6.45) is 5.40. The van der Waals surface area contributed by atoms with Crippen LogP contribution in [-0.4, -0.2) is 47.1 Å². The minimum atomic E-state index is -0.572. The van der Waals surface area contributed by atoms with Gasteiger partial charge in [-0.25, -0.2) is 9.78 Å². The number of rotatable bonds is 11. The molecule has 1 aromatic carbocycles. The first kappa shape index (κ1) is 20.2. The molecule has 0 radical (unpaired) electrons. The zero-order valence-electron chi connectivity index (χ0n) is 15.1. The zero-order chi connectivity index (χ0) is 19.5. The molecule has 0 amide bonds. The molecule has 2 aromatic rings. The van der Waals surface area contributed by atoms with Gasteiger partial charge in [-0.15, -0.1) is 0 Å². The number of ketones is 1. The molecule has 0 atom stereocenters. The van der Waals surface area contributed by atoms with E-state index >= 15 is 0 Å². The minimum absolute atomic E-state index is 0.100. The Morgan fingerprint density at radius 2 is 1.78 bits per heavy atom. The molecule has 2 rings (SSSR count). The fourth-order valence-corrected chi connectivity index (χ4v) is 2.12.